The monoisotopic (exact) mass is 467 g/mol. The summed E-state index contributed by atoms with van der Waals surface area (Å²) in [4.78, 5) is 12.2. The van der Waals surface area contributed by atoms with Gasteiger partial charge in [-0.1, -0.05) is 48.5 Å². The minimum absolute atomic E-state index is 0.0985. The van der Waals surface area contributed by atoms with Gasteiger partial charge in [0.05, 0.1) is 6.21 Å². The zero-order valence-electron chi connectivity index (χ0n) is 14.6. The first-order chi connectivity index (χ1) is 13.2. The molecule has 0 bridgehead atoms. The number of aromatic nitrogens is 1. The van der Waals surface area contributed by atoms with E-state index in [4.69, 9.17) is 0 Å². The molecule has 0 aliphatic carbocycles. The van der Waals surface area contributed by atoms with Crippen molar-refractivity contribution in [3.63, 3.8) is 0 Å². The van der Waals surface area contributed by atoms with E-state index < -0.39 is 0 Å². The quantitative estimate of drug-likeness (QED) is 0.252. The molecule has 0 unspecified atom stereocenters. The predicted octanol–water partition coefficient (Wildman–Crippen LogP) is 4.94. The van der Waals surface area contributed by atoms with Crippen LogP contribution in [0.25, 0.3) is 21.8 Å². The number of rotatable bonds is 5. The zero-order valence-corrected chi connectivity index (χ0v) is 16.8. The average molecular weight is 467 g/mol. The highest BCUT2D eigenvalue weighted by molar-refractivity contribution is 14.1. The lowest BCUT2D eigenvalue weighted by Crippen LogP contribution is -2.19. The van der Waals surface area contributed by atoms with Gasteiger partial charge in [-0.3, -0.25) is 4.79 Å². The number of carbonyl (C=O) groups excluding carboxylic acids is 1. The van der Waals surface area contributed by atoms with Crippen LogP contribution in [0.15, 0.2) is 77.9 Å². The Hall–Kier alpha value is -2.67. The van der Waals surface area contributed by atoms with E-state index in [2.05, 4.69) is 74.1 Å². The Morgan fingerprint density at radius 2 is 1.70 bits per heavy atom. The summed E-state index contributed by atoms with van der Waals surface area (Å²) in [6.45, 7) is 0.608. The Kier molecular flexibility index (Phi) is 5.20. The molecule has 3 aromatic carbocycles. The van der Waals surface area contributed by atoms with Crippen molar-refractivity contribution in [2.45, 2.75) is 13.0 Å². The van der Waals surface area contributed by atoms with E-state index in [1.807, 2.05) is 36.4 Å². The van der Waals surface area contributed by atoms with Crippen LogP contribution in [0.1, 0.15) is 12.0 Å². The highest BCUT2D eigenvalue weighted by atomic mass is 127. The van der Waals surface area contributed by atoms with E-state index in [0.717, 1.165) is 16.6 Å². The van der Waals surface area contributed by atoms with Crippen molar-refractivity contribution >= 4 is 56.5 Å². The third-order valence-corrected chi connectivity index (χ3v) is 5.17. The Bertz CT molecular complexity index is 1130. The Balaban J connectivity index is 1.51. The Morgan fingerprint density at radius 3 is 2.56 bits per heavy atom. The number of nitrogens with zero attached hydrogens (tertiary/aromatic N) is 2. The Labute approximate surface area is 171 Å². The summed E-state index contributed by atoms with van der Waals surface area (Å²) in [5.41, 5.74) is 5.87. The zero-order chi connectivity index (χ0) is 18.6. The number of amides is 1. The molecule has 0 atom stereocenters. The predicted molar refractivity (Wildman–Crippen MR) is 119 cm³/mol. The fourth-order valence-electron chi connectivity index (χ4n) is 3.25. The normalized spacial score (nSPS) is 11.4. The Morgan fingerprint density at radius 1 is 0.963 bits per heavy atom. The highest BCUT2D eigenvalue weighted by Crippen LogP contribution is 2.30. The van der Waals surface area contributed by atoms with Gasteiger partial charge in [0.15, 0.2) is 0 Å². The van der Waals surface area contributed by atoms with Crippen molar-refractivity contribution in [2.75, 3.05) is 0 Å². The molecular weight excluding hydrogens is 449 g/mol. The van der Waals surface area contributed by atoms with Gasteiger partial charge in [0.25, 0.3) is 0 Å². The number of hydrogen-bond acceptors (Lipinski definition) is 2. The SMILES string of the molecule is O=C(CCn1c2ccccc2c2cc(I)ccc21)N/N=C/c1ccccc1. The number of benzene rings is 3. The lowest BCUT2D eigenvalue weighted by Gasteiger charge is -2.07. The van der Waals surface area contributed by atoms with Crippen LogP contribution < -0.4 is 5.43 Å². The first kappa shape index (κ1) is 17.7. The second-order valence-electron chi connectivity index (χ2n) is 6.28. The summed E-state index contributed by atoms with van der Waals surface area (Å²) >= 11 is 2.33. The molecule has 4 nitrogen and oxygen atoms in total. The van der Waals surface area contributed by atoms with Crippen molar-refractivity contribution in [3.8, 4) is 0 Å². The number of hydrogen-bond donors (Lipinski definition) is 1. The van der Waals surface area contributed by atoms with Crippen LogP contribution in [0.4, 0.5) is 0 Å². The van der Waals surface area contributed by atoms with Gasteiger partial charge in [0.1, 0.15) is 0 Å². The standard InChI is InChI=1S/C22H18IN3O/c23-17-10-11-21-19(14-17)18-8-4-5-9-20(18)26(21)13-12-22(27)25-24-15-16-6-2-1-3-7-16/h1-11,14-15H,12-13H2,(H,25,27)/b24-15+. The molecule has 1 aromatic heterocycles. The van der Waals surface area contributed by atoms with Gasteiger partial charge in [-0.05, 0) is 52.4 Å². The maximum atomic E-state index is 12.2. The third-order valence-electron chi connectivity index (χ3n) is 4.50. The molecule has 0 aliphatic heterocycles. The number of carbonyl (C=O) groups is 1. The largest absolute Gasteiger partial charge is 0.340 e. The number of para-hydroxylation sites is 1. The van der Waals surface area contributed by atoms with Crippen LogP contribution in [-0.4, -0.2) is 16.7 Å². The fourth-order valence-corrected chi connectivity index (χ4v) is 3.75. The average Bonchev–Trinajstić information content (AvgIpc) is 3.00. The summed E-state index contributed by atoms with van der Waals surface area (Å²) in [5.74, 6) is -0.0985. The summed E-state index contributed by atoms with van der Waals surface area (Å²) in [7, 11) is 0. The van der Waals surface area contributed by atoms with E-state index in [1.165, 1.54) is 14.3 Å². The van der Waals surface area contributed by atoms with E-state index in [0.29, 0.717) is 13.0 Å². The summed E-state index contributed by atoms with van der Waals surface area (Å²) in [6.07, 6.45) is 2.02. The van der Waals surface area contributed by atoms with Crippen LogP contribution in [0.5, 0.6) is 0 Å². The van der Waals surface area contributed by atoms with Crippen LogP contribution >= 0.6 is 22.6 Å². The van der Waals surface area contributed by atoms with E-state index in [-0.39, 0.29) is 5.91 Å². The third kappa shape index (κ3) is 3.88. The van der Waals surface area contributed by atoms with E-state index >= 15 is 0 Å². The fraction of sp³-hybridized carbons (Fsp3) is 0.0909. The lowest BCUT2D eigenvalue weighted by atomic mass is 10.2. The number of fused-ring (bicyclic) bond motifs is 3. The lowest BCUT2D eigenvalue weighted by molar-refractivity contribution is -0.121. The van der Waals surface area contributed by atoms with Crippen molar-refractivity contribution in [3.05, 3.63) is 81.9 Å². The molecule has 27 heavy (non-hydrogen) atoms. The molecule has 1 heterocycles. The van der Waals surface area contributed by atoms with Gasteiger partial charge in [-0.25, -0.2) is 5.43 Å². The molecule has 0 aliphatic rings. The van der Waals surface area contributed by atoms with Crippen molar-refractivity contribution in [1.29, 1.82) is 0 Å². The van der Waals surface area contributed by atoms with Crippen molar-refractivity contribution in [2.24, 2.45) is 5.10 Å². The summed E-state index contributed by atoms with van der Waals surface area (Å²) in [6, 6.07) is 24.4. The minimum atomic E-state index is -0.0985. The first-order valence-electron chi connectivity index (χ1n) is 8.76. The molecule has 1 amide bonds. The van der Waals surface area contributed by atoms with Gasteiger partial charge in [0, 0.05) is 38.3 Å². The molecule has 1 N–H and O–H groups in total. The summed E-state index contributed by atoms with van der Waals surface area (Å²) < 4.78 is 3.41. The van der Waals surface area contributed by atoms with Crippen molar-refractivity contribution in [1.82, 2.24) is 9.99 Å². The molecule has 0 fully saturated rings. The van der Waals surface area contributed by atoms with E-state index in [9.17, 15) is 4.79 Å². The number of hydrazone groups is 1. The highest BCUT2D eigenvalue weighted by Gasteiger charge is 2.11. The topological polar surface area (TPSA) is 46.4 Å². The van der Waals surface area contributed by atoms with Gasteiger partial charge in [0.2, 0.25) is 5.91 Å². The van der Waals surface area contributed by atoms with E-state index in [1.54, 1.807) is 6.21 Å². The van der Waals surface area contributed by atoms with Crippen LogP contribution in [-0.2, 0) is 11.3 Å². The van der Waals surface area contributed by atoms with Gasteiger partial charge in [-0.15, -0.1) is 0 Å². The number of aryl methyl sites for hydroxylation is 1. The smallest absolute Gasteiger partial charge is 0.241 e. The van der Waals surface area contributed by atoms with Gasteiger partial charge < -0.3 is 4.57 Å². The molecule has 4 aromatic rings. The maximum absolute atomic E-state index is 12.2. The van der Waals surface area contributed by atoms with Crippen LogP contribution in [0.2, 0.25) is 0 Å². The van der Waals surface area contributed by atoms with Crippen LogP contribution in [0, 0.1) is 3.57 Å². The summed E-state index contributed by atoms with van der Waals surface area (Å²) in [5, 5.41) is 6.48. The molecule has 4 rings (SSSR count). The molecule has 5 heteroatoms. The van der Waals surface area contributed by atoms with Gasteiger partial charge >= 0.3 is 0 Å². The molecule has 0 spiro atoms. The molecule has 0 saturated heterocycles. The first-order valence-corrected chi connectivity index (χ1v) is 9.84. The van der Waals surface area contributed by atoms with Gasteiger partial charge in [-0.2, -0.15) is 5.10 Å². The molecule has 0 saturated carbocycles. The minimum Gasteiger partial charge on any atom is -0.340 e. The molecule has 0 radical (unpaired) electrons. The number of nitrogens with one attached hydrogen (secondary N) is 1. The second kappa shape index (κ2) is 7.92. The molecule has 134 valence electrons. The number of halogens is 1. The van der Waals surface area contributed by atoms with Crippen molar-refractivity contribution < 1.29 is 4.79 Å². The van der Waals surface area contributed by atoms with Crippen LogP contribution in [0.3, 0.4) is 0 Å². The molecular formula is C22H18IN3O. The maximum Gasteiger partial charge on any atom is 0.241 e. The second-order valence-corrected chi connectivity index (χ2v) is 7.53.